The van der Waals surface area contributed by atoms with E-state index in [0.29, 0.717) is 35.4 Å². The van der Waals surface area contributed by atoms with Crippen LogP contribution in [0.5, 0.6) is 11.5 Å². The molecule has 0 radical (unpaired) electrons. The average molecular weight is 391 g/mol. The number of carbonyl (C=O) groups excluding carboxylic acids is 1. The number of carbonyl (C=O) groups is 1. The van der Waals surface area contributed by atoms with Crippen LogP contribution >= 0.6 is 0 Å². The Morgan fingerprint density at radius 3 is 2.45 bits per heavy atom. The molecule has 3 aromatic rings. The van der Waals surface area contributed by atoms with E-state index in [1.54, 1.807) is 24.3 Å². The van der Waals surface area contributed by atoms with Crippen molar-refractivity contribution in [1.82, 2.24) is 4.90 Å². The maximum atomic E-state index is 12.8. The SMILES string of the molecule is CC(=O)c1ccc(-c2cc(=O)c3c(O)cc(O)c(C4=CCN(C)CC4)c3o2)cc1. The van der Waals surface area contributed by atoms with Crippen molar-refractivity contribution in [3.8, 4) is 22.8 Å². The first-order valence-corrected chi connectivity index (χ1v) is 9.37. The molecule has 0 spiro atoms. The fraction of sp³-hybridized carbons (Fsp3) is 0.217. The number of ketones is 1. The normalized spacial score (nSPS) is 14.8. The molecule has 0 atom stereocenters. The first-order valence-electron chi connectivity index (χ1n) is 9.37. The molecular weight excluding hydrogens is 370 g/mol. The van der Waals surface area contributed by atoms with Gasteiger partial charge in [0.25, 0.3) is 0 Å². The molecule has 0 saturated carbocycles. The van der Waals surface area contributed by atoms with Crippen molar-refractivity contribution in [2.75, 3.05) is 20.1 Å². The number of aromatic hydroxyl groups is 2. The van der Waals surface area contributed by atoms with E-state index in [-0.39, 0.29) is 28.3 Å². The Morgan fingerprint density at radius 2 is 1.83 bits per heavy atom. The van der Waals surface area contributed by atoms with E-state index in [2.05, 4.69) is 4.90 Å². The van der Waals surface area contributed by atoms with Crippen LogP contribution in [0.4, 0.5) is 0 Å². The Morgan fingerprint density at radius 1 is 1.10 bits per heavy atom. The Balaban J connectivity index is 1.95. The Labute approximate surface area is 167 Å². The van der Waals surface area contributed by atoms with Gasteiger partial charge in [0, 0.05) is 36.3 Å². The Hall–Kier alpha value is -3.38. The van der Waals surface area contributed by atoms with Crippen molar-refractivity contribution in [2.45, 2.75) is 13.3 Å². The van der Waals surface area contributed by atoms with E-state index in [0.717, 1.165) is 12.1 Å². The molecule has 1 aliphatic rings. The third-order valence-corrected chi connectivity index (χ3v) is 5.27. The minimum atomic E-state index is -0.399. The third-order valence-electron chi connectivity index (χ3n) is 5.27. The molecular formula is C23H21NO5. The summed E-state index contributed by atoms with van der Waals surface area (Å²) >= 11 is 0. The number of hydrogen-bond donors (Lipinski definition) is 2. The summed E-state index contributed by atoms with van der Waals surface area (Å²) in [4.78, 5) is 26.4. The number of likely N-dealkylation sites (N-methyl/N-ethyl adjacent to an activating group) is 1. The lowest BCUT2D eigenvalue weighted by atomic mass is 9.95. The molecule has 0 aliphatic carbocycles. The van der Waals surface area contributed by atoms with E-state index >= 15 is 0 Å². The maximum absolute atomic E-state index is 12.8. The highest BCUT2D eigenvalue weighted by Crippen LogP contribution is 2.40. The molecule has 0 unspecified atom stereocenters. The molecule has 1 aliphatic heterocycles. The predicted octanol–water partition coefficient (Wildman–Crippen LogP) is 3.79. The van der Waals surface area contributed by atoms with Gasteiger partial charge < -0.3 is 19.5 Å². The van der Waals surface area contributed by atoms with Crippen molar-refractivity contribution in [3.05, 3.63) is 63.8 Å². The lowest BCUT2D eigenvalue weighted by molar-refractivity contribution is 0.101. The van der Waals surface area contributed by atoms with Gasteiger partial charge in [-0.05, 0) is 26.0 Å². The second-order valence-corrected chi connectivity index (χ2v) is 7.34. The van der Waals surface area contributed by atoms with Crippen LogP contribution in [0.1, 0.15) is 29.3 Å². The lowest BCUT2D eigenvalue weighted by Crippen LogP contribution is -2.23. The number of fused-ring (bicyclic) bond motifs is 1. The minimum absolute atomic E-state index is 0.0433. The molecule has 148 valence electrons. The Bertz CT molecular complexity index is 1200. The highest BCUT2D eigenvalue weighted by molar-refractivity contribution is 5.97. The van der Waals surface area contributed by atoms with Crippen LogP contribution < -0.4 is 5.43 Å². The summed E-state index contributed by atoms with van der Waals surface area (Å²) in [5.74, 6) is -0.194. The van der Waals surface area contributed by atoms with Gasteiger partial charge in [0.2, 0.25) is 0 Å². The molecule has 2 N–H and O–H groups in total. The van der Waals surface area contributed by atoms with Gasteiger partial charge in [-0.1, -0.05) is 30.3 Å². The first kappa shape index (κ1) is 19.0. The van der Waals surface area contributed by atoms with Gasteiger partial charge in [0.15, 0.2) is 16.8 Å². The zero-order valence-corrected chi connectivity index (χ0v) is 16.2. The zero-order chi connectivity index (χ0) is 20.7. The number of Topliss-reactive ketones (excluding diaryl/α,β-unsaturated/α-hetero) is 1. The minimum Gasteiger partial charge on any atom is -0.507 e. The van der Waals surface area contributed by atoms with Gasteiger partial charge in [-0.3, -0.25) is 9.59 Å². The monoisotopic (exact) mass is 391 g/mol. The van der Waals surface area contributed by atoms with Crippen LogP contribution in [0.2, 0.25) is 0 Å². The molecule has 6 heteroatoms. The summed E-state index contributed by atoms with van der Waals surface area (Å²) < 4.78 is 6.04. The summed E-state index contributed by atoms with van der Waals surface area (Å²) in [5, 5.41) is 20.9. The highest BCUT2D eigenvalue weighted by Gasteiger charge is 2.22. The van der Waals surface area contributed by atoms with Crippen molar-refractivity contribution < 1.29 is 19.4 Å². The predicted molar refractivity (Wildman–Crippen MR) is 111 cm³/mol. The van der Waals surface area contributed by atoms with E-state index in [1.807, 2.05) is 13.1 Å². The zero-order valence-electron chi connectivity index (χ0n) is 16.2. The highest BCUT2D eigenvalue weighted by atomic mass is 16.3. The van der Waals surface area contributed by atoms with Gasteiger partial charge in [-0.2, -0.15) is 0 Å². The van der Waals surface area contributed by atoms with Crippen LogP contribution in [0.15, 0.2) is 51.7 Å². The molecule has 0 bridgehead atoms. The first-order chi connectivity index (χ1) is 13.8. The fourth-order valence-corrected chi connectivity index (χ4v) is 3.62. The molecule has 6 nitrogen and oxygen atoms in total. The molecule has 29 heavy (non-hydrogen) atoms. The molecule has 0 fully saturated rings. The second kappa shape index (κ2) is 7.22. The Kier molecular flexibility index (Phi) is 4.72. The van der Waals surface area contributed by atoms with E-state index < -0.39 is 5.43 Å². The lowest BCUT2D eigenvalue weighted by Gasteiger charge is -2.23. The maximum Gasteiger partial charge on any atom is 0.197 e. The average Bonchev–Trinajstić information content (AvgIpc) is 2.68. The number of phenols is 2. The summed E-state index contributed by atoms with van der Waals surface area (Å²) in [6.07, 6.45) is 2.68. The molecule has 0 amide bonds. The van der Waals surface area contributed by atoms with Gasteiger partial charge in [-0.15, -0.1) is 0 Å². The van der Waals surface area contributed by atoms with Crippen molar-refractivity contribution in [1.29, 1.82) is 0 Å². The molecule has 0 saturated heterocycles. The number of rotatable bonds is 3. The van der Waals surface area contributed by atoms with E-state index in [4.69, 9.17) is 4.42 Å². The summed E-state index contributed by atoms with van der Waals surface area (Å²) in [6, 6.07) is 9.25. The van der Waals surface area contributed by atoms with Gasteiger partial charge in [-0.25, -0.2) is 0 Å². The number of nitrogens with zero attached hydrogens (tertiary/aromatic N) is 1. The topological polar surface area (TPSA) is 91.0 Å². The number of hydrogen-bond acceptors (Lipinski definition) is 6. The van der Waals surface area contributed by atoms with Gasteiger partial charge in [0.1, 0.15) is 22.6 Å². The van der Waals surface area contributed by atoms with Crippen LogP contribution in [0.3, 0.4) is 0 Å². The largest absolute Gasteiger partial charge is 0.507 e. The smallest absolute Gasteiger partial charge is 0.197 e. The number of phenolic OH excluding ortho intramolecular Hbond substituents is 2. The van der Waals surface area contributed by atoms with Crippen LogP contribution in [-0.2, 0) is 0 Å². The number of benzene rings is 2. The molecule has 2 aromatic carbocycles. The molecule has 4 rings (SSSR count). The molecule has 2 heterocycles. The summed E-state index contributed by atoms with van der Waals surface area (Å²) in [5.41, 5.74) is 2.26. The van der Waals surface area contributed by atoms with Crippen LogP contribution in [-0.4, -0.2) is 41.0 Å². The third kappa shape index (κ3) is 3.43. The molecule has 1 aromatic heterocycles. The van der Waals surface area contributed by atoms with E-state index in [1.165, 1.54) is 19.1 Å². The van der Waals surface area contributed by atoms with Gasteiger partial charge in [0.05, 0.1) is 5.56 Å². The van der Waals surface area contributed by atoms with E-state index in [9.17, 15) is 19.8 Å². The quantitative estimate of drug-likeness (QED) is 0.660. The summed E-state index contributed by atoms with van der Waals surface area (Å²) in [7, 11) is 2.00. The van der Waals surface area contributed by atoms with Gasteiger partial charge >= 0.3 is 0 Å². The standard InChI is InChI=1S/C23H21NO5/c1-13(25)14-3-5-15(6-4-14)20-12-19(28)22-18(27)11-17(26)21(23(22)29-20)16-7-9-24(2)10-8-16/h3-7,11-12,26-27H,8-10H2,1-2H3. The van der Waals surface area contributed by atoms with Crippen LogP contribution in [0, 0.1) is 0 Å². The van der Waals surface area contributed by atoms with Crippen LogP contribution in [0.25, 0.3) is 27.9 Å². The summed E-state index contributed by atoms with van der Waals surface area (Å²) in [6.45, 7) is 3.01. The van der Waals surface area contributed by atoms with Crippen molar-refractivity contribution >= 4 is 22.3 Å². The van der Waals surface area contributed by atoms with Crippen molar-refractivity contribution in [2.24, 2.45) is 0 Å². The fourth-order valence-electron chi connectivity index (χ4n) is 3.62. The second-order valence-electron chi connectivity index (χ2n) is 7.34. The van der Waals surface area contributed by atoms with Crippen molar-refractivity contribution in [3.63, 3.8) is 0 Å².